The Morgan fingerprint density at radius 2 is 0.818 bits per heavy atom. The van der Waals surface area contributed by atoms with E-state index in [1.807, 2.05) is 22.7 Å². The summed E-state index contributed by atoms with van der Waals surface area (Å²) < 4.78 is 5.54. The standard InChI is InChI=1S/C61H49BN2S2/c1-35(2)38-21-27-42(28-22-38)63-52-19-12-20-53-57(52)62(60-58(63)50-33-40(36(3)4)25-31-54(50)65-60)61-59(51-34-41(37(5)6)26-32-55(51)66-61)64(53)43-29-23-39(24-30-43)44-17-11-18-49-47-14-8-7-13-45(47)46-15-9-10-16-48(46)56(44)49/h7-37H,1-6H3. The van der Waals surface area contributed by atoms with Gasteiger partial charge in [0.25, 0.3) is 6.71 Å². The molecular weight excluding hydrogens is 836 g/mol. The van der Waals surface area contributed by atoms with Gasteiger partial charge < -0.3 is 9.80 Å². The van der Waals surface area contributed by atoms with Gasteiger partial charge in [0.2, 0.25) is 0 Å². The zero-order valence-electron chi connectivity index (χ0n) is 38.2. The van der Waals surface area contributed by atoms with Gasteiger partial charge in [-0.25, -0.2) is 0 Å². The minimum atomic E-state index is 0.0986. The molecule has 13 rings (SSSR count). The minimum Gasteiger partial charge on any atom is -0.310 e. The van der Waals surface area contributed by atoms with Crippen LogP contribution in [0.3, 0.4) is 0 Å². The van der Waals surface area contributed by atoms with E-state index < -0.39 is 0 Å². The molecule has 0 N–H and O–H groups in total. The molecule has 0 fully saturated rings. The molecule has 11 aromatic rings. The van der Waals surface area contributed by atoms with Crippen molar-refractivity contribution >= 4 is 131 Å². The maximum absolute atomic E-state index is 2.61. The van der Waals surface area contributed by atoms with Gasteiger partial charge in [0, 0.05) is 52.5 Å². The lowest BCUT2D eigenvalue weighted by Gasteiger charge is -2.42. The lowest BCUT2D eigenvalue weighted by atomic mass is 9.39. The van der Waals surface area contributed by atoms with E-state index in [2.05, 4.69) is 221 Å². The van der Waals surface area contributed by atoms with Crippen molar-refractivity contribution < 1.29 is 0 Å². The van der Waals surface area contributed by atoms with Crippen LogP contribution in [-0.2, 0) is 0 Å². The maximum atomic E-state index is 2.61. The zero-order valence-corrected chi connectivity index (χ0v) is 39.8. The molecule has 0 amide bonds. The fourth-order valence-electron chi connectivity index (χ4n) is 11.2. The summed E-state index contributed by atoms with van der Waals surface area (Å²) in [5.41, 5.74) is 15.5. The predicted octanol–water partition coefficient (Wildman–Crippen LogP) is 16.7. The summed E-state index contributed by atoms with van der Waals surface area (Å²) in [6.07, 6.45) is 0. The Kier molecular flexibility index (Phi) is 8.98. The third kappa shape index (κ3) is 5.79. The van der Waals surface area contributed by atoms with Crippen LogP contribution in [0.5, 0.6) is 0 Å². The van der Waals surface area contributed by atoms with E-state index in [4.69, 9.17) is 0 Å². The minimum absolute atomic E-state index is 0.0986. The number of thiophene rings is 2. The van der Waals surface area contributed by atoms with Gasteiger partial charge in [0.1, 0.15) is 0 Å². The second-order valence-corrected chi connectivity index (χ2v) is 21.5. The van der Waals surface area contributed by atoms with E-state index in [9.17, 15) is 0 Å². The van der Waals surface area contributed by atoms with Gasteiger partial charge in [0.15, 0.2) is 0 Å². The average Bonchev–Trinajstić information content (AvgIpc) is 3.92. The van der Waals surface area contributed by atoms with Crippen molar-refractivity contribution in [2.24, 2.45) is 0 Å². The molecule has 0 aliphatic carbocycles. The second kappa shape index (κ2) is 14.9. The van der Waals surface area contributed by atoms with Crippen molar-refractivity contribution in [2.75, 3.05) is 9.80 Å². The Morgan fingerprint density at radius 3 is 1.32 bits per heavy atom. The summed E-state index contributed by atoms with van der Waals surface area (Å²) in [5, 5.41) is 10.5. The lowest BCUT2D eigenvalue weighted by molar-refractivity contribution is 0.866. The highest BCUT2D eigenvalue weighted by Gasteiger charge is 2.47. The quantitative estimate of drug-likeness (QED) is 0.121. The second-order valence-electron chi connectivity index (χ2n) is 19.4. The van der Waals surface area contributed by atoms with Gasteiger partial charge in [0.05, 0.1) is 11.4 Å². The SMILES string of the molecule is CC(C)c1ccc(N2c3cccc4c3B(c3sc5ccc(C(C)C)cc5c3N4c3ccc(-c4cccc5c6ccccc6c6ccccc6c45)cc3)c3sc4ccc(C(C)C)cc4c32)cc1. The highest BCUT2D eigenvalue weighted by molar-refractivity contribution is 7.40. The molecule has 4 heterocycles. The van der Waals surface area contributed by atoms with Crippen molar-refractivity contribution in [1.29, 1.82) is 0 Å². The van der Waals surface area contributed by atoms with E-state index in [0.29, 0.717) is 17.8 Å². The Morgan fingerprint density at radius 1 is 0.394 bits per heavy atom. The first kappa shape index (κ1) is 39.7. The van der Waals surface area contributed by atoms with Crippen LogP contribution in [0, 0.1) is 0 Å². The monoisotopic (exact) mass is 884 g/mol. The molecule has 5 heteroatoms. The van der Waals surface area contributed by atoms with E-state index in [1.165, 1.54) is 129 Å². The van der Waals surface area contributed by atoms with E-state index in [0.717, 1.165) is 0 Å². The number of benzene rings is 9. The predicted molar refractivity (Wildman–Crippen MR) is 291 cm³/mol. The molecule has 0 saturated heterocycles. The fraction of sp³-hybridized carbons (Fsp3) is 0.148. The van der Waals surface area contributed by atoms with E-state index >= 15 is 0 Å². The summed E-state index contributed by atoms with van der Waals surface area (Å²) >= 11 is 3.98. The highest BCUT2D eigenvalue weighted by atomic mass is 32.1. The summed E-state index contributed by atoms with van der Waals surface area (Å²) in [5.74, 6) is 1.32. The fourth-order valence-corrected chi connectivity index (χ4v) is 13.8. The van der Waals surface area contributed by atoms with Crippen molar-refractivity contribution in [3.8, 4) is 11.1 Å². The molecule has 0 unspecified atom stereocenters. The van der Waals surface area contributed by atoms with Crippen LogP contribution < -0.4 is 24.8 Å². The normalized spacial score (nSPS) is 13.3. The van der Waals surface area contributed by atoms with Gasteiger partial charge in [-0.1, -0.05) is 151 Å². The van der Waals surface area contributed by atoms with Gasteiger partial charge in [-0.3, -0.25) is 0 Å². The molecule has 2 aliphatic heterocycles. The van der Waals surface area contributed by atoms with Crippen LogP contribution in [0.2, 0.25) is 0 Å². The van der Waals surface area contributed by atoms with Crippen molar-refractivity contribution in [2.45, 2.75) is 59.3 Å². The van der Waals surface area contributed by atoms with E-state index in [-0.39, 0.29) is 6.71 Å². The molecule has 2 aromatic heterocycles. The number of nitrogens with zero attached hydrogens (tertiary/aromatic N) is 2. The van der Waals surface area contributed by atoms with Crippen molar-refractivity contribution in [3.05, 3.63) is 187 Å². The summed E-state index contributed by atoms with van der Waals surface area (Å²) in [6.45, 7) is 13.9. The highest BCUT2D eigenvalue weighted by Crippen LogP contribution is 2.51. The first-order valence-corrected chi connectivity index (χ1v) is 25.2. The van der Waals surface area contributed by atoms with Crippen molar-refractivity contribution in [1.82, 2.24) is 0 Å². The van der Waals surface area contributed by atoms with Gasteiger partial charge in [-0.05, 0) is 144 Å². The largest absolute Gasteiger partial charge is 0.310 e. The maximum Gasteiger partial charge on any atom is 0.277 e. The topological polar surface area (TPSA) is 6.48 Å². The third-order valence-corrected chi connectivity index (χ3v) is 17.0. The van der Waals surface area contributed by atoms with Crippen LogP contribution in [0.1, 0.15) is 76.0 Å². The van der Waals surface area contributed by atoms with E-state index in [1.54, 1.807) is 0 Å². The third-order valence-electron chi connectivity index (χ3n) is 14.6. The van der Waals surface area contributed by atoms with Gasteiger partial charge in [-0.15, -0.1) is 22.7 Å². The molecule has 318 valence electrons. The van der Waals surface area contributed by atoms with Crippen LogP contribution in [0.25, 0.3) is 63.6 Å². The number of fused-ring (bicyclic) bond motifs is 14. The number of rotatable bonds is 6. The molecule has 2 aliphatic rings. The van der Waals surface area contributed by atoms with Gasteiger partial charge >= 0.3 is 0 Å². The molecule has 0 saturated carbocycles. The first-order chi connectivity index (χ1) is 32.2. The Balaban J connectivity index is 1.06. The van der Waals surface area contributed by atoms with Crippen LogP contribution >= 0.6 is 22.7 Å². The number of hydrogen-bond acceptors (Lipinski definition) is 4. The molecular formula is C61H49BN2S2. The molecule has 2 nitrogen and oxygen atoms in total. The first-order valence-electron chi connectivity index (χ1n) is 23.6. The summed E-state index contributed by atoms with van der Waals surface area (Å²) in [6, 6.07) is 65.0. The Bertz CT molecular complexity index is 3720. The molecule has 9 aromatic carbocycles. The Labute approximate surface area is 395 Å². The number of hydrogen-bond donors (Lipinski definition) is 0. The molecule has 0 spiro atoms. The van der Waals surface area contributed by atoms with Crippen molar-refractivity contribution in [3.63, 3.8) is 0 Å². The lowest BCUT2D eigenvalue weighted by Crippen LogP contribution is -2.59. The van der Waals surface area contributed by atoms with Crippen LogP contribution in [-0.4, -0.2) is 6.71 Å². The van der Waals surface area contributed by atoms with Gasteiger partial charge in [-0.2, -0.15) is 0 Å². The summed E-state index contributed by atoms with van der Waals surface area (Å²) in [7, 11) is 0. The summed E-state index contributed by atoms with van der Waals surface area (Å²) in [4.78, 5) is 5.21. The average molecular weight is 885 g/mol. The van der Waals surface area contributed by atoms with Crippen LogP contribution in [0.15, 0.2) is 170 Å². The molecule has 0 atom stereocenters. The molecule has 0 radical (unpaired) electrons. The molecule has 0 bridgehead atoms. The Hall–Kier alpha value is -6.66. The van der Waals surface area contributed by atoms with Crippen LogP contribution in [0.4, 0.5) is 34.1 Å². The molecule has 66 heavy (non-hydrogen) atoms. The number of anilines is 6. The zero-order chi connectivity index (χ0) is 44.5. The smallest absolute Gasteiger partial charge is 0.277 e.